The normalized spacial score (nSPS) is 10.5. The van der Waals surface area contributed by atoms with Crippen molar-refractivity contribution in [3.05, 3.63) is 28.3 Å². The summed E-state index contributed by atoms with van der Waals surface area (Å²) in [5.74, 6) is 0.264. The van der Waals surface area contributed by atoms with Crippen LogP contribution in [-0.4, -0.2) is 23.4 Å². The summed E-state index contributed by atoms with van der Waals surface area (Å²) in [7, 11) is 0. The van der Waals surface area contributed by atoms with Crippen LogP contribution in [0.1, 0.15) is 11.1 Å². The van der Waals surface area contributed by atoms with Crippen LogP contribution in [0.15, 0.2) is 12.1 Å². The number of aryl methyl sites for hydroxylation is 1. The lowest BCUT2D eigenvalue weighted by Crippen LogP contribution is -2.17. The predicted octanol–water partition coefficient (Wildman–Crippen LogP) is 1.44. The Bertz CT molecular complexity index is 315. The van der Waals surface area contributed by atoms with Crippen molar-refractivity contribution < 1.29 is 10.2 Å². The van der Waals surface area contributed by atoms with Crippen molar-refractivity contribution in [1.82, 2.24) is 5.32 Å². The number of nitrogens with one attached hydrogen (secondary N) is 1. The fourth-order valence-corrected chi connectivity index (χ4v) is 1.54. The molecule has 0 aliphatic heterocycles. The number of aliphatic hydroxyl groups is 1. The second kappa shape index (κ2) is 5.20. The summed E-state index contributed by atoms with van der Waals surface area (Å²) in [6.07, 6.45) is 0. The van der Waals surface area contributed by atoms with Crippen LogP contribution in [0.5, 0.6) is 5.75 Å². The van der Waals surface area contributed by atoms with Crippen molar-refractivity contribution >= 4 is 11.6 Å². The van der Waals surface area contributed by atoms with Gasteiger partial charge in [-0.2, -0.15) is 0 Å². The first kappa shape index (κ1) is 11.3. The van der Waals surface area contributed by atoms with E-state index >= 15 is 0 Å². The van der Waals surface area contributed by atoms with Gasteiger partial charge in [-0.15, -0.1) is 0 Å². The molecule has 0 saturated heterocycles. The van der Waals surface area contributed by atoms with Gasteiger partial charge in [0.1, 0.15) is 5.75 Å². The van der Waals surface area contributed by atoms with E-state index in [9.17, 15) is 5.11 Å². The van der Waals surface area contributed by atoms with E-state index in [0.29, 0.717) is 18.1 Å². The highest BCUT2D eigenvalue weighted by Crippen LogP contribution is 2.26. The molecule has 1 rings (SSSR count). The molecule has 3 nitrogen and oxygen atoms in total. The van der Waals surface area contributed by atoms with E-state index in [2.05, 4.69) is 5.32 Å². The molecule has 4 heteroatoms. The topological polar surface area (TPSA) is 52.5 Å². The monoisotopic (exact) mass is 215 g/mol. The van der Waals surface area contributed by atoms with E-state index < -0.39 is 0 Å². The Balaban J connectivity index is 2.75. The van der Waals surface area contributed by atoms with Gasteiger partial charge in [-0.05, 0) is 24.6 Å². The number of rotatable bonds is 4. The molecular formula is C10H14ClNO2. The Morgan fingerprint density at radius 1 is 1.43 bits per heavy atom. The molecule has 3 N–H and O–H groups in total. The van der Waals surface area contributed by atoms with Gasteiger partial charge in [0.05, 0.1) is 6.61 Å². The average molecular weight is 216 g/mol. The third-order valence-corrected chi connectivity index (χ3v) is 2.17. The number of aliphatic hydroxyl groups excluding tert-OH is 1. The predicted molar refractivity (Wildman–Crippen MR) is 56.6 cm³/mol. The van der Waals surface area contributed by atoms with Crippen molar-refractivity contribution in [2.24, 2.45) is 0 Å². The molecule has 0 atom stereocenters. The van der Waals surface area contributed by atoms with Gasteiger partial charge in [0.25, 0.3) is 0 Å². The first-order chi connectivity index (χ1) is 6.65. The van der Waals surface area contributed by atoms with E-state index in [0.717, 1.165) is 11.1 Å². The van der Waals surface area contributed by atoms with Crippen LogP contribution in [0.4, 0.5) is 0 Å². The van der Waals surface area contributed by atoms with E-state index in [1.54, 1.807) is 19.1 Å². The lowest BCUT2D eigenvalue weighted by molar-refractivity contribution is 0.291. The molecule has 14 heavy (non-hydrogen) atoms. The van der Waals surface area contributed by atoms with Crippen LogP contribution in [-0.2, 0) is 6.54 Å². The van der Waals surface area contributed by atoms with Gasteiger partial charge in [-0.3, -0.25) is 0 Å². The van der Waals surface area contributed by atoms with Gasteiger partial charge < -0.3 is 15.5 Å². The lowest BCUT2D eigenvalue weighted by Gasteiger charge is -2.08. The number of phenols is 1. The van der Waals surface area contributed by atoms with Crippen molar-refractivity contribution in [2.75, 3.05) is 13.2 Å². The van der Waals surface area contributed by atoms with Gasteiger partial charge >= 0.3 is 0 Å². The van der Waals surface area contributed by atoms with Crippen LogP contribution >= 0.6 is 11.6 Å². The van der Waals surface area contributed by atoms with Gasteiger partial charge in [0.15, 0.2) is 0 Å². The van der Waals surface area contributed by atoms with Gasteiger partial charge in [0, 0.05) is 23.7 Å². The summed E-state index contributed by atoms with van der Waals surface area (Å²) in [5.41, 5.74) is 1.52. The molecule has 0 heterocycles. The smallest absolute Gasteiger partial charge is 0.123 e. The molecule has 0 bridgehead atoms. The molecule has 0 fully saturated rings. The van der Waals surface area contributed by atoms with Crippen LogP contribution in [0.25, 0.3) is 0 Å². The zero-order valence-electron chi connectivity index (χ0n) is 8.05. The second-order valence-electron chi connectivity index (χ2n) is 3.13. The number of hydrogen-bond donors (Lipinski definition) is 3. The minimum absolute atomic E-state index is 0.0836. The van der Waals surface area contributed by atoms with Crippen LogP contribution in [0, 0.1) is 6.92 Å². The molecule has 0 aromatic heterocycles. The maximum Gasteiger partial charge on any atom is 0.123 e. The number of phenolic OH excluding ortho intramolecular Hbond substituents is 1. The SMILES string of the molecule is Cc1cc(Cl)cc(CNCCO)c1O. The third-order valence-electron chi connectivity index (χ3n) is 1.95. The summed E-state index contributed by atoms with van der Waals surface area (Å²) in [5, 5.41) is 21.8. The zero-order chi connectivity index (χ0) is 10.6. The van der Waals surface area contributed by atoms with E-state index in [-0.39, 0.29) is 12.4 Å². The molecule has 0 aliphatic rings. The molecule has 1 aromatic rings. The van der Waals surface area contributed by atoms with Crippen LogP contribution < -0.4 is 5.32 Å². The molecule has 1 aromatic carbocycles. The quantitative estimate of drug-likeness (QED) is 0.667. The minimum Gasteiger partial charge on any atom is -0.507 e. The van der Waals surface area contributed by atoms with Crippen molar-refractivity contribution in [3.8, 4) is 5.75 Å². The molecule has 78 valence electrons. The molecule has 0 spiro atoms. The first-order valence-corrected chi connectivity index (χ1v) is 4.82. The number of hydrogen-bond acceptors (Lipinski definition) is 3. The molecule has 0 unspecified atom stereocenters. The third kappa shape index (κ3) is 2.87. The largest absolute Gasteiger partial charge is 0.507 e. The van der Waals surface area contributed by atoms with Gasteiger partial charge in [-0.1, -0.05) is 11.6 Å². The van der Waals surface area contributed by atoms with E-state index in [1.165, 1.54) is 0 Å². The van der Waals surface area contributed by atoms with E-state index in [1.807, 2.05) is 0 Å². The van der Waals surface area contributed by atoms with Gasteiger partial charge in [0.2, 0.25) is 0 Å². The maximum atomic E-state index is 9.66. The summed E-state index contributed by atoms with van der Waals surface area (Å²) >= 11 is 5.85. The summed E-state index contributed by atoms with van der Waals surface area (Å²) < 4.78 is 0. The Morgan fingerprint density at radius 3 is 2.79 bits per heavy atom. The maximum absolute atomic E-state index is 9.66. The average Bonchev–Trinajstić information content (AvgIpc) is 2.13. The highest BCUT2D eigenvalue weighted by atomic mass is 35.5. The second-order valence-corrected chi connectivity index (χ2v) is 3.57. The summed E-state index contributed by atoms with van der Waals surface area (Å²) in [6.45, 7) is 2.90. The van der Waals surface area contributed by atoms with Crippen LogP contribution in [0.2, 0.25) is 5.02 Å². The molecule has 0 aliphatic carbocycles. The Labute approximate surface area is 88.3 Å². The Hall–Kier alpha value is -0.770. The summed E-state index contributed by atoms with van der Waals surface area (Å²) in [6, 6.07) is 3.43. The number of aromatic hydroxyl groups is 1. The summed E-state index contributed by atoms with van der Waals surface area (Å²) in [4.78, 5) is 0. The fraction of sp³-hybridized carbons (Fsp3) is 0.400. The minimum atomic E-state index is 0.0836. The lowest BCUT2D eigenvalue weighted by atomic mass is 10.1. The molecule has 0 amide bonds. The van der Waals surface area contributed by atoms with Crippen molar-refractivity contribution in [1.29, 1.82) is 0 Å². The van der Waals surface area contributed by atoms with Crippen LogP contribution in [0.3, 0.4) is 0 Å². The number of benzene rings is 1. The molecular weight excluding hydrogens is 202 g/mol. The first-order valence-electron chi connectivity index (χ1n) is 4.44. The van der Waals surface area contributed by atoms with Crippen molar-refractivity contribution in [3.63, 3.8) is 0 Å². The fourth-order valence-electron chi connectivity index (χ4n) is 1.24. The Morgan fingerprint density at radius 2 is 2.14 bits per heavy atom. The molecule has 0 radical (unpaired) electrons. The van der Waals surface area contributed by atoms with Crippen molar-refractivity contribution in [2.45, 2.75) is 13.5 Å². The Kier molecular flexibility index (Phi) is 4.20. The number of halogens is 1. The standard InChI is InChI=1S/C10H14ClNO2/c1-7-4-9(11)5-8(10(7)14)6-12-2-3-13/h4-5,12-14H,2-3,6H2,1H3. The highest BCUT2D eigenvalue weighted by Gasteiger charge is 2.05. The molecule has 0 saturated carbocycles. The van der Waals surface area contributed by atoms with Gasteiger partial charge in [-0.25, -0.2) is 0 Å². The zero-order valence-corrected chi connectivity index (χ0v) is 8.80. The highest BCUT2D eigenvalue weighted by molar-refractivity contribution is 6.30. The van der Waals surface area contributed by atoms with E-state index in [4.69, 9.17) is 16.7 Å².